The zero-order valence-corrected chi connectivity index (χ0v) is 16.3. The number of carboxylic acid groups (broad SMARTS) is 1. The van der Waals surface area contributed by atoms with Gasteiger partial charge in [0.2, 0.25) is 0 Å². The normalized spacial score (nSPS) is 15.4. The Hall–Kier alpha value is -2.92. The van der Waals surface area contributed by atoms with Crippen LogP contribution in [0.2, 0.25) is 5.02 Å². The first-order chi connectivity index (χ1) is 14.0. The van der Waals surface area contributed by atoms with Gasteiger partial charge in [-0.05, 0) is 60.1 Å². The molecule has 0 spiro atoms. The number of hydrogen-bond acceptors (Lipinski definition) is 3. The molecule has 6 heteroatoms. The van der Waals surface area contributed by atoms with Crippen LogP contribution >= 0.6 is 11.6 Å². The molecule has 2 heterocycles. The van der Waals surface area contributed by atoms with Crippen LogP contribution in [0.15, 0.2) is 54.9 Å². The number of nitrogens with zero attached hydrogens (tertiary/aromatic N) is 1. The third-order valence-electron chi connectivity index (χ3n) is 5.34. The van der Waals surface area contributed by atoms with E-state index in [4.69, 9.17) is 16.3 Å². The summed E-state index contributed by atoms with van der Waals surface area (Å²) in [5, 5.41) is 9.45. The number of benzene rings is 2. The molecule has 2 aromatic carbocycles. The second kappa shape index (κ2) is 8.21. The van der Waals surface area contributed by atoms with Gasteiger partial charge in [0, 0.05) is 18.0 Å². The predicted octanol–water partition coefficient (Wildman–Crippen LogP) is 5.74. The Balaban J connectivity index is 1.58. The molecule has 29 heavy (non-hydrogen) atoms. The van der Waals surface area contributed by atoms with Crippen LogP contribution < -0.4 is 4.74 Å². The zero-order valence-electron chi connectivity index (χ0n) is 15.6. The predicted molar refractivity (Wildman–Crippen MR) is 109 cm³/mol. The maximum atomic E-state index is 13.8. The van der Waals surface area contributed by atoms with Gasteiger partial charge in [0.05, 0.1) is 17.2 Å². The van der Waals surface area contributed by atoms with E-state index in [2.05, 4.69) is 4.98 Å². The van der Waals surface area contributed by atoms with Crippen molar-refractivity contribution in [3.05, 3.63) is 82.4 Å². The SMILES string of the molecule is O=C(O)c1ccncc1CC[C@@H]1CCOc2cc(-c3cccc(F)c3Cl)ccc21. The van der Waals surface area contributed by atoms with Gasteiger partial charge < -0.3 is 9.84 Å². The first-order valence-electron chi connectivity index (χ1n) is 9.42. The quantitative estimate of drug-likeness (QED) is 0.581. The van der Waals surface area contributed by atoms with E-state index in [0.717, 1.165) is 35.3 Å². The average molecular weight is 412 g/mol. The van der Waals surface area contributed by atoms with Crippen LogP contribution in [-0.2, 0) is 6.42 Å². The zero-order chi connectivity index (χ0) is 20.4. The highest BCUT2D eigenvalue weighted by atomic mass is 35.5. The van der Waals surface area contributed by atoms with E-state index in [0.29, 0.717) is 24.2 Å². The van der Waals surface area contributed by atoms with Gasteiger partial charge in [-0.25, -0.2) is 9.18 Å². The van der Waals surface area contributed by atoms with Crippen molar-refractivity contribution in [1.29, 1.82) is 0 Å². The molecule has 0 radical (unpaired) electrons. The molecule has 0 saturated carbocycles. The molecular weight excluding hydrogens is 393 g/mol. The molecule has 1 N–H and O–H groups in total. The van der Waals surface area contributed by atoms with Crippen molar-refractivity contribution in [2.75, 3.05) is 6.61 Å². The summed E-state index contributed by atoms with van der Waals surface area (Å²) in [5.74, 6) is -0.376. The molecule has 4 rings (SSSR count). The lowest BCUT2D eigenvalue weighted by Gasteiger charge is -2.27. The molecule has 3 aromatic rings. The van der Waals surface area contributed by atoms with E-state index in [-0.39, 0.29) is 10.9 Å². The van der Waals surface area contributed by atoms with E-state index >= 15 is 0 Å². The highest BCUT2D eigenvalue weighted by Gasteiger charge is 2.23. The molecule has 0 saturated heterocycles. The van der Waals surface area contributed by atoms with E-state index in [1.165, 1.54) is 18.3 Å². The Morgan fingerprint density at radius 3 is 2.97 bits per heavy atom. The van der Waals surface area contributed by atoms with Crippen molar-refractivity contribution in [2.45, 2.75) is 25.2 Å². The molecule has 1 atom stereocenters. The highest BCUT2D eigenvalue weighted by molar-refractivity contribution is 6.33. The summed E-state index contributed by atoms with van der Waals surface area (Å²) in [5.41, 5.74) is 3.53. The fourth-order valence-corrected chi connectivity index (χ4v) is 4.06. The van der Waals surface area contributed by atoms with Crippen LogP contribution in [0.3, 0.4) is 0 Å². The van der Waals surface area contributed by atoms with Crippen LogP contribution in [0, 0.1) is 5.82 Å². The number of aromatic nitrogens is 1. The topological polar surface area (TPSA) is 59.4 Å². The molecule has 0 amide bonds. The van der Waals surface area contributed by atoms with Crippen LogP contribution in [0.5, 0.6) is 5.75 Å². The number of fused-ring (bicyclic) bond motifs is 1. The van der Waals surface area contributed by atoms with Crippen LogP contribution in [-0.4, -0.2) is 22.7 Å². The molecule has 0 fully saturated rings. The Morgan fingerprint density at radius 1 is 1.28 bits per heavy atom. The minimum absolute atomic E-state index is 0.0950. The summed E-state index contributed by atoms with van der Waals surface area (Å²) in [7, 11) is 0. The summed E-state index contributed by atoms with van der Waals surface area (Å²) < 4.78 is 19.7. The van der Waals surface area contributed by atoms with Gasteiger partial charge >= 0.3 is 5.97 Å². The number of aryl methyl sites for hydroxylation is 1. The number of rotatable bonds is 5. The summed E-state index contributed by atoms with van der Waals surface area (Å²) in [6, 6.07) is 12.1. The van der Waals surface area contributed by atoms with E-state index in [1.807, 2.05) is 18.2 Å². The minimum Gasteiger partial charge on any atom is -0.493 e. The molecule has 4 nitrogen and oxygen atoms in total. The highest BCUT2D eigenvalue weighted by Crippen LogP contribution is 2.40. The second-order valence-electron chi connectivity index (χ2n) is 7.06. The van der Waals surface area contributed by atoms with Crippen molar-refractivity contribution in [2.24, 2.45) is 0 Å². The number of carbonyl (C=O) groups is 1. The maximum absolute atomic E-state index is 13.8. The Labute approximate surface area is 172 Å². The van der Waals surface area contributed by atoms with Crippen molar-refractivity contribution < 1.29 is 19.0 Å². The van der Waals surface area contributed by atoms with Gasteiger partial charge in [-0.2, -0.15) is 0 Å². The van der Waals surface area contributed by atoms with Crippen LogP contribution in [0.4, 0.5) is 4.39 Å². The van der Waals surface area contributed by atoms with Crippen molar-refractivity contribution in [3.8, 4) is 16.9 Å². The summed E-state index contributed by atoms with van der Waals surface area (Å²) in [4.78, 5) is 15.5. The lowest BCUT2D eigenvalue weighted by atomic mass is 9.86. The molecule has 1 aliphatic heterocycles. The number of aromatic carboxylic acids is 1. The lowest BCUT2D eigenvalue weighted by molar-refractivity contribution is 0.0695. The second-order valence-corrected chi connectivity index (χ2v) is 7.44. The number of halogens is 2. The molecule has 0 bridgehead atoms. The average Bonchev–Trinajstić information content (AvgIpc) is 2.74. The molecule has 1 aliphatic rings. The monoisotopic (exact) mass is 411 g/mol. The van der Waals surface area contributed by atoms with Gasteiger partial charge in [-0.3, -0.25) is 4.98 Å². The van der Waals surface area contributed by atoms with Gasteiger partial charge in [0.1, 0.15) is 11.6 Å². The van der Waals surface area contributed by atoms with Gasteiger partial charge in [-0.1, -0.05) is 35.9 Å². The molecule has 1 aromatic heterocycles. The maximum Gasteiger partial charge on any atom is 0.336 e. The lowest BCUT2D eigenvalue weighted by Crippen LogP contribution is -2.15. The third-order valence-corrected chi connectivity index (χ3v) is 5.72. The van der Waals surface area contributed by atoms with Gasteiger partial charge in [-0.15, -0.1) is 0 Å². The Bertz CT molecular complexity index is 1070. The van der Waals surface area contributed by atoms with Crippen LogP contribution in [0.25, 0.3) is 11.1 Å². The smallest absolute Gasteiger partial charge is 0.336 e. The van der Waals surface area contributed by atoms with Crippen molar-refractivity contribution in [1.82, 2.24) is 4.98 Å². The number of ether oxygens (including phenoxy) is 1. The fraction of sp³-hybridized carbons (Fsp3) is 0.217. The fourth-order valence-electron chi connectivity index (χ4n) is 3.82. The Kier molecular flexibility index (Phi) is 5.49. The summed E-state index contributed by atoms with van der Waals surface area (Å²) >= 11 is 6.13. The summed E-state index contributed by atoms with van der Waals surface area (Å²) in [6.45, 7) is 0.580. The van der Waals surface area contributed by atoms with Gasteiger partial charge in [0.25, 0.3) is 0 Å². The molecule has 0 unspecified atom stereocenters. The number of carboxylic acids is 1. The standard InChI is InChI=1S/C23H19ClFNO3/c24-22-18(2-1-3-20(22)25)15-6-7-17-14(9-11-29-21(17)12-15)4-5-16-13-26-10-8-19(16)23(27)28/h1-3,6-8,10,12-14H,4-5,9,11H2,(H,27,28)/t14-/m1/s1. The largest absolute Gasteiger partial charge is 0.493 e. The third kappa shape index (κ3) is 3.96. The van der Waals surface area contributed by atoms with Crippen molar-refractivity contribution in [3.63, 3.8) is 0 Å². The first-order valence-corrected chi connectivity index (χ1v) is 9.79. The molecule has 148 valence electrons. The Morgan fingerprint density at radius 2 is 2.14 bits per heavy atom. The number of pyridine rings is 1. The molecular formula is C23H19ClFNO3. The van der Waals surface area contributed by atoms with Gasteiger partial charge in [0.15, 0.2) is 0 Å². The van der Waals surface area contributed by atoms with Crippen molar-refractivity contribution >= 4 is 17.6 Å². The first kappa shape index (κ1) is 19.4. The minimum atomic E-state index is -0.939. The van der Waals surface area contributed by atoms with E-state index < -0.39 is 11.8 Å². The summed E-state index contributed by atoms with van der Waals surface area (Å²) in [6.07, 6.45) is 5.39. The molecule has 0 aliphatic carbocycles. The van der Waals surface area contributed by atoms with E-state index in [1.54, 1.807) is 18.3 Å². The van der Waals surface area contributed by atoms with E-state index in [9.17, 15) is 14.3 Å². The number of hydrogen-bond donors (Lipinski definition) is 1. The van der Waals surface area contributed by atoms with Crippen LogP contribution in [0.1, 0.15) is 40.2 Å².